The first-order chi connectivity index (χ1) is 16.9. The van der Waals surface area contributed by atoms with Crippen LogP contribution in [0.2, 0.25) is 0 Å². The third-order valence-electron chi connectivity index (χ3n) is 4.88. The van der Waals surface area contributed by atoms with Gasteiger partial charge in [-0.05, 0) is 51.1 Å². The quantitative estimate of drug-likeness (QED) is 0.422. The Labute approximate surface area is 208 Å². The standard InChI is InChI=1S/C25H31N3O6S/c1-6-32-20-13-17(14-21(33-7-2)23(20)34-8-3)24(30)27-25-28(11-12-31-5)19-10-9-18(26-16(4)29)15-22(19)35-25/h9-10,13-15H,6-8,11-12H2,1-5H3,(H,26,29). The average molecular weight is 502 g/mol. The second-order valence-corrected chi connectivity index (χ2v) is 8.42. The van der Waals surface area contributed by atoms with Gasteiger partial charge in [-0.1, -0.05) is 11.3 Å². The van der Waals surface area contributed by atoms with E-state index in [2.05, 4.69) is 10.3 Å². The van der Waals surface area contributed by atoms with Crippen molar-refractivity contribution in [2.24, 2.45) is 4.99 Å². The molecule has 35 heavy (non-hydrogen) atoms. The Morgan fingerprint density at radius 1 is 1.00 bits per heavy atom. The van der Waals surface area contributed by atoms with Crippen LogP contribution in [-0.2, 0) is 16.1 Å². The van der Waals surface area contributed by atoms with Crippen molar-refractivity contribution < 1.29 is 28.5 Å². The van der Waals surface area contributed by atoms with Gasteiger partial charge in [-0.25, -0.2) is 0 Å². The maximum atomic E-state index is 13.3. The number of anilines is 1. The van der Waals surface area contributed by atoms with Crippen molar-refractivity contribution >= 4 is 39.1 Å². The number of methoxy groups -OCH3 is 1. The molecule has 2 amide bonds. The molecule has 0 saturated heterocycles. The van der Waals surface area contributed by atoms with E-state index in [9.17, 15) is 9.59 Å². The van der Waals surface area contributed by atoms with Crippen LogP contribution in [0, 0.1) is 0 Å². The number of aromatic nitrogens is 1. The second-order valence-electron chi connectivity index (χ2n) is 7.41. The monoisotopic (exact) mass is 501 g/mol. The van der Waals surface area contributed by atoms with Crippen molar-refractivity contribution in [3.63, 3.8) is 0 Å². The van der Waals surface area contributed by atoms with Crippen molar-refractivity contribution in [2.75, 3.05) is 38.9 Å². The molecule has 0 saturated carbocycles. The van der Waals surface area contributed by atoms with Gasteiger partial charge >= 0.3 is 0 Å². The van der Waals surface area contributed by atoms with Crippen LogP contribution in [0.4, 0.5) is 5.69 Å². The fourth-order valence-corrected chi connectivity index (χ4v) is 4.60. The molecule has 10 heteroatoms. The minimum Gasteiger partial charge on any atom is -0.490 e. The van der Waals surface area contributed by atoms with Crippen LogP contribution in [-0.4, -0.2) is 49.9 Å². The summed E-state index contributed by atoms with van der Waals surface area (Å²) in [4.78, 5) is 29.7. The third kappa shape index (κ3) is 6.40. The summed E-state index contributed by atoms with van der Waals surface area (Å²) in [5, 5.41) is 2.78. The average Bonchev–Trinajstić information content (AvgIpc) is 3.15. The van der Waals surface area contributed by atoms with E-state index >= 15 is 0 Å². The van der Waals surface area contributed by atoms with Gasteiger partial charge in [0.15, 0.2) is 16.3 Å². The molecule has 9 nitrogen and oxygen atoms in total. The number of rotatable bonds is 11. The number of nitrogens with zero attached hydrogens (tertiary/aromatic N) is 2. The molecule has 2 aromatic carbocycles. The first-order valence-electron chi connectivity index (χ1n) is 11.5. The first kappa shape index (κ1) is 26.2. The van der Waals surface area contributed by atoms with E-state index in [1.54, 1.807) is 19.2 Å². The summed E-state index contributed by atoms with van der Waals surface area (Å²) < 4.78 is 25.3. The number of fused-ring (bicyclic) bond motifs is 1. The number of carbonyl (C=O) groups is 2. The predicted molar refractivity (Wildman–Crippen MR) is 136 cm³/mol. The Kier molecular flexibility index (Phi) is 9.27. The SMILES string of the molecule is CCOc1cc(C(=O)N=c2sc3cc(NC(C)=O)ccc3n2CCOC)cc(OCC)c1OCC. The van der Waals surface area contributed by atoms with Gasteiger partial charge in [-0.2, -0.15) is 4.99 Å². The predicted octanol–water partition coefficient (Wildman–Crippen LogP) is 4.24. The van der Waals surface area contributed by atoms with Gasteiger partial charge in [0.2, 0.25) is 11.7 Å². The molecule has 0 bridgehead atoms. The normalized spacial score (nSPS) is 11.5. The van der Waals surface area contributed by atoms with Crippen LogP contribution < -0.4 is 24.3 Å². The fourth-order valence-electron chi connectivity index (χ4n) is 3.50. The van der Waals surface area contributed by atoms with Crippen molar-refractivity contribution in [2.45, 2.75) is 34.2 Å². The van der Waals surface area contributed by atoms with Gasteiger partial charge in [-0.15, -0.1) is 0 Å². The Morgan fingerprint density at radius 2 is 1.66 bits per heavy atom. The maximum absolute atomic E-state index is 13.3. The van der Waals surface area contributed by atoms with Crippen LogP contribution in [0.5, 0.6) is 17.2 Å². The lowest BCUT2D eigenvalue weighted by molar-refractivity contribution is -0.114. The molecule has 188 valence electrons. The molecule has 3 rings (SSSR count). The first-order valence-corrected chi connectivity index (χ1v) is 12.3. The smallest absolute Gasteiger partial charge is 0.279 e. The van der Waals surface area contributed by atoms with E-state index in [-0.39, 0.29) is 5.91 Å². The van der Waals surface area contributed by atoms with Crippen LogP contribution in [0.3, 0.4) is 0 Å². The Balaban J connectivity index is 2.11. The zero-order chi connectivity index (χ0) is 25.4. The molecule has 0 spiro atoms. The lowest BCUT2D eigenvalue weighted by Gasteiger charge is -2.16. The maximum Gasteiger partial charge on any atom is 0.279 e. The molecule has 1 N–H and O–H groups in total. The topological polar surface area (TPSA) is 100 Å². The van der Waals surface area contributed by atoms with Crippen molar-refractivity contribution in [1.82, 2.24) is 4.57 Å². The van der Waals surface area contributed by atoms with Gasteiger partial charge in [0, 0.05) is 31.8 Å². The van der Waals surface area contributed by atoms with Crippen molar-refractivity contribution in [3.05, 3.63) is 40.7 Å². The molecule has 0 radical (unpaired) electrons. The third-order valence-corrected chi connectivity index (χ3v) is 5.92. The zero-order valence-corrected chi connectivity index (χ0v) is 21.5. The summed E-state index contributed by atoms with van der Waals surface area (Å²) in [7, 11) is 1.62. The number of thiazole rings is 1. The van der Waals surface area contributed by atoms with Gasteiger partial charge < -0.3 is 28.8 Å². The number of benzene rings is 2. The summed E-state index contributed by atoms with van der Waals surface area (Å²) in [6.07, 6.45) is 0. The van der Waals surface area contributed by atoms with Gasteiger partial charge in [0.1, 0.15) is 0 Å². The summed E-state index contributed by atoms with van der Waals surface area (Å²) in [6, 6.07) is 8.84. The van der Waals surface area contributed by atoms with Crippen molar-refractivity contribution in [1.29, 1.82) is 0 Å². The van der Waals surface area contributed by atoms with Gasteiger partial charge in [-0.3, -0.25) is 9.59 Å². The highest BCUT2D eigenvalue weighted by Gasteiger charge is 2.19. The molecular weight excluding hydrogens is 470 g/mol. The summed E-state index contributed by atoms with van der Waals surface area (Å²) in [5.41, 5.74) is 1.90. The highest BCUT2D eigenvalue weighted by molar-refractivity contribution is 7.16. The lowest BCUT2D eigenvalue weighted by atomic mass is 10.1. The van der Waals surface area contributed by atoms with E-state index in [0.717, 1.165) is 10.2 Å². The second kappa shape index (κ2) is 12.4. The molecule has 0 aliphatic rings. The molecule has 0 aliphatic heterocycles. The minimum absolute atomic E-state index is 0.154. The number of hydrogen-bond donors (Lipinski definition) is 1. The molecule has 0 unspecified atom stereocenters. The Morgan fingerprint density at radius 3 is 2.23 bits per heavy atom. The number of nitrogens with one attached hydrogen (secondary N) is 1. The highest BCUT2D eigenvalue weighted by atomic mass is 32.1. The molecule has 0 fully saturated rings. The molecule has 3 aromatic rings. The number of ether oxygens (including phenoxy) is 4. The van der Waals surface area contributed by atoms with Crippen LogP contribution in [0.15, 0.2) is 35.3 Å². The number of hydrogen-bond acceptors (Lipinski definition) is 7. The molecule has 0 aliphatic carbocycles. The van der Waals surface area contributed by atoms with Gasteiger partial charge in [0.05, 0.1) is 36.6 Å². The van der Waals surface area contributed by atoms with Gasteiger partial charge in [0.25, 0.3) is 5.91 Å². The summed E-state index contributed by atoms with van der Waals surface area (Å²) in [5.74, 6) is 0.744. The van der Waals surface area contributed by atoms with E-state index in [4.69, 9.17) is 18.9 Å². The minimum atomic E-state index is -0.435. The van der Waals surface area contributed by atoms with E-state index in [0.29, 0.717) is 66.3 Å². The highest BCUT2D eigenvalue weighted by Crippen LogP contribution is 2.39. The zero-order valence-electron chi connectivity index (χ0n) is 20.7. The summed E-state index contributed by atoms with van der Waals surface area (Å²) in [6.45, 7) is 9.26. The molecule has 1 heterocycles. The van der Waals surface area contributed by atoms with Crippen LogP contribution in [0.25, 0.3) is 10.2 Å². The van der Waals surface area contributed by atoms with E-state index in [1.807, 2.05) is 43.5 Å². The summed E-state index contributed by atoms with van der Waals surface area (Å²) >= 11 is 1.36. The Bertz CT molecular complexity index is 1240. The fraction of sp³-hybridized carbons (Fsp3) is 0.400. The van der Waals surface area contributed by atoms with Crippen LogP contribution in [0.1, 0.15) is 38.1 Å². The van der Waals surface area contributed by atoms with Crippen LogP contribution >= 0.6 is 11.3 Å². The molecule has 0 atom stereocenters. The molecule has 1 aromatic heterocycles. The lowest BCUT2D eigenvalue weighted by Crippen LogP contribution is -2.19. The molecular formula is C25H31N3O6S. The van der Waals surface area contributed by atoms with E-state index < -0.39 is 5.91 Å². The Hall–Kier alpha value is -3.37. The van der Waals surface area contributed by atoms with E-state index in [1.165, 1.54) is 18.3 Å². The van der Waals surface area contributed by atoms with Crippen molar-refractivity contribution in [3.8, 4) is 17.2 Å². The number of carbonyl (C=O) groups excluding carboxylic acids is 2. The largest absolute Gasteiger partial charge is 0.490 e. The number of amides is 2.